The summed E-state index contributed by atoms with van der Waals surface area (Å²) in [5.41, 5.74) is 16.8. The first-order chi connectivity index (χ1) is 28.7. The molecule has 58 heavy (non-hydrogen) atoms. The third-order valence-electron chi connectivity index (χ3n) is 10.7. The molecular weight excluding hydrogens is 707 g/mol. The van der Waals surface area contributed by atoms with E-state index in [0.29, 0.717) is 0 Å². The Morgan fingerprint density at radius 3 is 1.28 bits per heavy atom. The van der Waals surface area contributed by atoms with Crippen molar-refractivity contribution in [1.82, 2.24) is 20.3 Å². The molecule has 1 N–H and O–H groups in total. The largest absolute Gasteiger partial charge is 0.359 e. The first-order valence-electron chi connectivity index (χ1n) is 19.5. The molecule has 1 aliphatic heterocycles. The van der Waals surface area contributed by atoms with Gasteiger partial charge in [-0.3, -0.25) is 15.0 Å². The quantitative estimate of drug-likeness (QED) is 0.168. The van der Waals surface area contributed by atoms with E-state index in [9.17, 15) is 0 Å². The molecule has 0 radical (unpaired) electrons. The van der Waals surface area contributed by atoms with Crippen molar-refractivity contribution in [1.29, 1.82) is 0 Å². The molecule has 1 aliphatic rings. The zero-order valence-corrected chi connectivity index (χ0v) is 31.6. The molecule has 0 saturated heterocycles. The standard InChI is InChI=1S/C53H37N5/c1-3-13-36(14-4-1)40-24-25-51-47(35-40)52(39-15-5-2-6-16-39)58-53(57-51)46-32-42(31-45(34-46)50-19-9-12-28-56-50)38-22-20-37(21-23-38)41-29-43(48-17-7-10-26-54-48)33-44(30-41)49-18-8-11-27-55-49/h1-35,52H,(H,57,58). The minimum absolute atomic E-state index is 0.0913. The van der Waals surface area contributed by atoms with Gasteiger partial charge in [0.2, 0.25) is 0 Å². The highest BCUT2D eigenvalue weighted by Gasteiger charge is 2.25. The maximum absolute atomic E-state index is 5.29. The first-order valence-corrected chi connectivity index (χ1v) is 19.5. The third-order valence-corrected chi connectivity index (χ3v) is 10.7. The summed E-state index contributed by atoms with van der Waals surface area (Å²) in [6.07, 6.45) is 5.51. The lowest BCUT2D eigenvalue weighted by Gasteiger charge is -2.28. The van der Waals surface area contributed by atoms with Crippen LogP contribution in [0.2, 0.25) is 0 Å². The second-order valence-corrected chi connectivity index (χ2v) is 14.4. The molecule has 1 unspecified atom stereocenters. The van der Waals surface area contributed by atoms with E-state index in [0.717, 1.165) is 78.7 Å². The number of nitrogens with one attached hydrogen (secondary N) is 1. The number of benzene rings is 6. The van der Waals surface area contributed by atoms with Gasteiger partial charge in [0.15, 0.2) is 0 Å². The van der Waals surface area contributed by atoms with Gasteiger partial charge in [-0.2, -0.15) is 0 Å². The van der Waals surface area contributed by atoms with E-state index in [2.05, 4.69) is 161 Å². The van der Waals surface area contributed by atoms with E-state index in [4.69, 9.17) is 9.98 Å². The predicted molar refractivity (Wildman–Crippen MR) is 237 cm³/mol. The van der Waals surface area contributed by atoms with Crippen LogP contribution in [0, 0.1) is 0 Å². The van der Waals surface area contributed by atoms with Crippen LogP contribution >= 0.6 is 0 Å². The van der Waals surface area contributed by atoms with Gasteiger partial charge in [0.1, 0.15) is 5.84 Å². The average molecular weight is 744 g/mol. The molecule has 274 valence electrons. The third kappa shape index (κ3) is 7.09. The molecule has 0 saturated carbocycles. The fourth-order valence-corrected chi connectivity index (χ4v) is 7.75. The molecule has 0 fully saturated rings. The molecule has 10 rings (SSSR count). The lowest BCUT2D eigenvalue weighted by atomic mass is 9.91. The number of aliphatic imine (C=N–C) groups is 1. The Morgan fingerprint density at radius 1 is 0.328 bits per heavy atom. The highest BCUT2D eigenvalue weighted by atomic mass is 15.1. The molecule has 0 amide bonds. The fraction of sp³-hybridized carbons (Fsp3) is 0.0189. The van der Waals surface area contributed by atoms with Crippen LogP contribution in [-0.2, 0) is 0 Å². The van der Waals surface area contributed by atoms with E-state index < -0.39 is 0 Å². The van der Waals surface area contributed by atoms with Gasteiger partial charge in [0.05, 0.1) is 28.8 Å². The van der Waals surface area contributed by atoms with Crippen molar-refractivity contribution < 1.29 is 0 Å². The maximum atomic E-state index is 5.29. The second-order valence-electron chi connectivity index (χ2n) is 14.4. The van der Waals surface area contributed by atoms with E-state index in [1.807, 2.05) is 67.1 Å². The van der Waals surface area contributed by atoms with Crippen molar-refractivity contribution in [2.24, 2.45) is 4.99 Å². The zero-order valence-electron chi connectivity index (χ0n) is 31.6. The van der Waals surface area contributed by atoms with Crippen LogP contribution in [0.1, 0.15) is 22.7 Å². The van der Waals surface area contributed by atoms with Gasteiger partial charge < -0.3 is 5.32 Å². The highest BCUT2D eigenvalue weighted by Crippen LogP contribution is 2.39. The van der Waals surface area contributed by atoms with Gasteiger partial charge in [-0.1, -0.05) is 109 Å². The Hall–Kier alpha value is -7.76. The van der Waals surface area contributed by atoms with Gasteiger partial charge in [-0.25, -0.2) is 4.99 Å². The van der Waals surface area contributed by atoms with E-state index in [1.165, 1.54) is 16.7 Å². The number of fused-ring (bicyclic) bond motifs is 1. The Labute approximate surface area is 338 Å². The Balaban J connectivity index is 1.06. The molecular formula is C53H37N5. The Bertz CT molecular complexity index is 2820. The smallest absolute Gasteiger partial charge is 0.134 e. The van der Waals surface area contributed by atoms with Crippen LogP contribution in [0.25, 0.3) is 67.2 Å². The van der Waals surface area contributed by atoms with Crippen LogP contribution in [0.4, 0.5) is 5.69 Å². The topological polar surface area (TPSA) is 63.1 Å². The summed E-state index contributed by atoms with van der Waals surface area (Å²) in [6, 6.07) is 67.8. The van der Waals surface area contributed by atoms with Crippen LogP contribution in [0.15, 0.2) is 218 Å². The van der Waals surface area contributed by atoms with Crippen molar-refractivity contribution in [3.63, 3.8) is 0 Å². The van der Waals surface area contributed by atoms with Crippen molar-refractivity contribution in [2.75, 3.05) is 0 Å². The lowest BCUT2D eigenvalue weighted by Crippen LogP contribution is -2.32. The van der Waals surface area contributed by atoms with Crippen LogP contribution < -0.4 is 5.32 Å². The summed E-state index contributed by atoms with van der Waals surface area (Å²) >= 11 is 0. The number of pyridine rings is 3. The minimum Gasteiger partial charge on any atom is -0.359 e. The van der Waals surface area contributed by atoms with E-state index >= 15 is 0 Å². The Kier molecular flexibility index (Phi) is 9.22. The number of hydrogen-bond acceptors (Lipinski definition) is 5. The number of amidine groups is 1. The lowest BCUT2D eigenvalue weighted by molar-refractivity contribution is 0.750. The summed E-state index contributed by atoms with van der Waals surface area (Å²) in [4.78, 5) is 19.4. The van der Waals surface area contributed by atoms with Crippen molar-refractivity contribution in [3.8, 4) is 67.2 Å². The number of hydrogen-bond donors (Lipinski definition) is 1. The average Bonchev–Trinajstić information content (AvgIpc) is 3.32. The van der Waals surface area contributed by atoms with E-state index in [-0.39, 0.29) is 6.04 Å². The molecule has 0 bridgehead atoms. The molecule has 5 heteroatoms. The minimum atomic E-state index is -0.0913. The molecule has 0 spiro atoms. The molecule has 5 nitrogen and oxygen atoms in total. The van der Waals surface area contributed by atoms with Crippen molar-refractivity contribution in [2.45, 2.75) is 6.04 Å². The molecule has 6 aromatic carbocycles. The summed E-state index contributed by atoms with van der Waals surface area (Å²) in [5.74, 6) is 0.817. The molecule has 9 aromatic rings. The van der Waals surface area contributed by atoms with Gasteiger partial charge in [-0.05, 0) is 124 Å². The maximum Gasteiger partial charge on any atom is 0.134 e. The molecule has 3 aromatic heterocycles. The van der Waals surface area contributed by atoms with Crippen molar-refractivity contribution in [3.05, 3.63) is 229 Å². The first kappa shape index (κ1) is 34.7. The van der Waals surface area contributed by atoms with E-state index in [1.54, 1.807) is 0 Å². The monoisotopic (exact) mass is 743 g/mol. The van der Waals surface area contributed by atoms with Gasteiger partial charge in [-0.15, -0.1) is 0 Å². The second kappa shape index (κ2) is 15.4. The summed E-state index contributed by atoms with van der Waals surface area (Å²) in [5, 5.41) is 3.87. The highest BCUT2D eigenvalue weighted by molar-refractivity contribution is 6.04. The van der Waals surface area contributed by atoms with Crippen LogP contribution in [0.3, 0.4) is 0 Å². The zero-order chi connectivity index (χ0) is 38.7. The number of aromatic nitrogens is 3. The predicted octanol–water partition coefficient (Wildman–Crippen LogP) is 12.6. The SMILES string of the molecule is c1ccc(-c2ccc3c(c2)C(c2ccccc2)NC(c2cc(-c4ccc(-c5cc(-c6ccccn6)cc(-c6ccccn6)c5)cc4)cc(-c4ccccn4)c2)=N3)cc1. The van der Waals surface area contributed by atoms with Gasteiger partial charge in [0, 0.05) is 46.4 Å². The molecule has 4 heterocycles. The normalized spacial score (nSPS) is 13.2. The number of rotatable bonds is 8. The van der Waals surface area contributed by atoms with Crippen molar-refractivity contribution >= 4 is 11.5 Å². The van der Waals surface area contributed by atoms with Gasteiger partial charge in [0.25, 0.3) is 0 Å². The van der Waals surface area contributed by atoms with Crippen LogP contribution in [0.5, 0.6) is 0 Å². The van der Waals surface area contributed by atoms with Gasteiger partial charge >= 0.3 is 0 Å². The summed E-state index contributed by atoms with van der Waals surface area (Å²) in [7, 11) is 0. The molecule has 0 aliphatic carbocycles. The summed E-state index contributed by atoms with van der Waals surface area (Å²) < 4.78 is 0. The number of nitrogens with zero attached hydrogens (tertiary/aromatic N) is 4. The van der Waals surface area contributed by atoms with Crippen LogP contribution in [-0.4, -0.2) is 20.8 Å². The summed E-state index contributed by atoms with van der Waals surface area (Å²) in [6.45, 7) is 0. The molecule has 1 atom stereocenters. The fourth-order valence-electron chi connectivity index (χ4n) is 7.75. The Morgan fingerprint density at radius 2 is 0.759 bits per heavy atom.